The lowest BCUT2D eigenvalue weighted by Crippen LogP contribution is -2.18. The van der Waals surface area contributed by atoms with E-state index in [0.29, 0.717) is 23.2 Å². The van der Waals surface area contributed by atoms with Crippen molar-refractivity contribution in [2.24, 2.45) is 5.10 Å². The third kappa shape index (κ3) is 5.91. The molecule has 0 aliphatic carbocycles. The van der Waals surface area contributed by atoms with Gasteiger partial charge in [-0.15, -0.1) is 0 Å². The number of carbonyl (C=O) groups is 1. The summed E-state index contributed by atoms with van der Waals surface area (Å²) < 4.78 is 72.7. The molecule has 1 amide bonds. The van der Waals surface area contributed by atoms with Gasteiger partial charge in [-0.05, 0) is 42.0 Å². The molecule has 0 saturated carbocycles. The minimum absolute atomic E-state index is 0.0266. The molecule has 0 aliphatic rings. The van der Waals surface area contributed by atoms with Crippen LogP contribution in [0.3, 0.4) is 0 Å². The molecule has 3 rings (SSSR count). The zero-order valence-corrected chi connectivity index (χ0v) is 18.6. The Morgan fingerprint density at radius 1 is 1.00 bits per heavy atom. The molecule has 2 N–H and O–H groups in total. The first-order valence-electron chi connectivity index (χ1n) is 8.94. The summed E-state index contributed by atoms with van der Waals surface area (Å²) in [5.74, 6) is -0.678. The molecule has 6 nitrogen and oxygen atoms in total. The minimum Gasteiger partial charge on any atom is -0.282 e. The summed E-state index contributed by atoms with van der Waals surface area (Å²) in [4.78, 5) is 11.6. The summed E-state index contributed by atoms with van der Waals surface area (Å²) >= 11 is 11.8. The number of alkyl halides is 3. The SMILES string of the molecule is O=C(NN=Cc1ccccc1-c1cc(C(F)(F)F)ccc1S(=O)(=O)O)c1ccc(Cl)cc1Cl. The van der Waals surface area contributed by atoms with Gasteiger partial charge >= 0.3 is 6.18 Å². The van der Waals surface area contributed by atoms with Gasteiger partial charge in [0, 0.05) is 16.1 Å². The van der Waals surface area contributed by atoms with Crippen LogP contribution in [0, 0.1) is 0 Å². The first-order valence-corrected chi connectivity index (χ1v) is 11.1. The van der Waals surface area contributed by atoms with E-state index < -0.39 is 32.7 Å². The highest BCUT2D eigenvalue weighted by molar-refractivity contribution is 7.86. The highest BCUT2D eigenvalue weighted by Gasteiger charge is 2.32. The third-order valence-corrected chi connectivity index (χ3v) is 5.84. The van der Waals surface area contributed by atoms with Crippen LogP contribution in [0.25, 0.3) is 11.1 Å². The molecule has 0 atom stereocenters. The van der Waals surface area contributed by atoms with Gasteiger partial charge in [0.2, 0.25) is 0 Å². The van der Waals surface area contributed by atoms with Crippen molar-refractivity contribution in [1.82, 2.24) is 5.43 Å². The summed E-state index contributed by atoms with van der Waals surface area (Å²) in [5, 5.41) is 4.18. The Bertz CT molecular complexity index is 1360. The maximum atomic E-state index is 13.2. The number of nitrogens with one attached hydrogen (secondary N) is 1. The summed E-state index contributed by atoms with van der Waals surface area (Å²) in [5.41, 5.74) is 1.00. The maximum Gasteiger partial charge on any atom is 0.416 e. The topological polar surface area (TPSA) is 95.8 Å². The number of hydrogen-bond acceptors (Lipinski definition) is 4. The number of halogens is 5. The van der Waals surface area contributed by atoms with Crippen molar-refractivity contribution in [1.29, 1.82) is 0 Å². The molecule has 172 valence electrons. The van der Waals surface area contributed by atoms with Crippen LogP contribution < -0.4 is 5.43 Å². The summed E-state index contributed by atoms with van der Waals surface area (Å²) in [6.07, 6.45) is -3.63. The molecule has 0 unspecified atom stereocenters. The van der Waals surface area contributed by atoms with Gasteiger partial charge in [0.25, 0.3) is 16.0 Å². The molecular formula is C21H13Cl2F3N2O4S. The normalized spacial score (nSPS) is 12.2. The van der Waals surface area contributed by atoms with Crippen LogP contribution in [0.15, 0.2) is 70.7 Å². The van der Waals surface area contributed by atoms with Crippen LogP contribution in [0.1, 0.15) is 21.5 Å². The molecule has 0 saturated heterocycles. The van der Waals surface area contributed by atoms with E-state index in [1.807, 2.05) is 0 Å². The zero-order valence-electron chi connectivity index (χ0n) is 16.3. The average Bonchev–Trinajstić information content (AvgIpc) is 2.72. The molecule has 0 bridgehead atoms. The van der Waals surface area contributed by atoms with Gasteiger partial charge in [0.1, 0.15) is 4.90 Å². The standard InChI is InChI=1S/C21H13Cl2F3N2O4S/c22-14-6-7-16(18(23)10-14)20(29)28-27-11-12-3-1-2-4-15(12)17-9-13(21(24,25)26)5-8-19(17)33(30,31)32/h1-11H,(H,28,29)(H,30,31,32). The fourth-order valence-corrected chi connectivity index (χ4v) is 4.07. The van der Waals surface area contributed by atoms with Gasteiger partial charge in [0.15, 0.2) is 0 Å². The van der Waals surface area contributed by atoms with Crippen LogP contribution in [0.5, 0.6) is 0 Å². The van der Waals surface area contributed by atoms with Crippen molar-refractivity contribution in [3.63, 3.8) is 0 Å². The second-order valence-electron chi connectivity index (χ2n) is 6.59. The molecule has 3 aromatic carbocycles. The lowest BCUT2D eigenvalue weighted by atomic mass is 9.98. The molecule has 3 aromatic rings. The minimum atomic E-state index is -4.85. The number of nitrogens with zero attached hydrogens (tertiary/aromatic N) is 1. The predicted octanol–water partition coefficient (Wildman–Crippen LogP) is 5.69. The van der Waals surface area contributed by atoms with Gasteiger partial charge in [-0.25, -0.2) is 5.43 Å². The molecule has 0 fully saturated rings. The lowest BCUT2D eigenvalue weighted by Gasteiger charge is -2.14. The van der Waals surface area contributed by atoms with Gasteiger partial charge in [0.05, 0.1) is 22.4 Å². The fraction of sp³-hybridized carbons (Fsp3) is 0.0476. The van der Waals surface area contributed by atoms with E-state index in [-0.39, 0.29) is 27.3 Å². The van der Waals surface area contributed by atoms with Crippen molar-refractivity contribution in [2.45, 2.75) is 11.1 Å². The zero-order chi connectivity index (χ0) is 24.4. The highest BCUT2D eigenvalue weighted by Crippen LogP contribution is 2.36. The van der Waals surface area contributed by atoms with Crippen molar-refractivity contribution in [2.75, 3.05) is 0 Å². The second kappa shape index (κ2) is 9.52. The van der Waals surface area contributed by atoms with Crippen LogP contribution in [-0.4, -0.2) is 25.1 Å². The third-order valence-electron chi connectivity index (χ3n) is 4.38. The van der Waals surface area contributed by atoms with E-state index in [0.717, 1.165) is 6.21 Å². The van der Waals surface area contributed by atoms with Crippen LogP contribution >= 0.6 is 23.2 Å². The van der Waals surface area contributed by atoms with E-state index in [4.69, 9.17) is 23.2 Å². The van der Waals surface area contributed by atoms with E-state index in [1.165, 1.54) is 42.5 Å². The van der Waals surface area contributed by atoms with Crippen molar-refractivity contribution in [3.05, 3.63) is 87.4 Å². The summed E-state index contributed by atoms with van der Waals surface area (Å²) in [6.45, 7) is 0. The first-order chi connectivity index (χ1) is 15.4. The number of carbonyl (C=O) groups excluding carboxylic acids is 1. The predicted molar refractivity (Wildman–Crippen MR) is 118 cm³/mol. The Hall–Kier alpha value is -2.92. The smallest absolute Gasteiger partial charge is 0.282 e. The summed E-state index contributed by atoms with van der Waals surface area (Å²) in [7, 11) is -4.85. The van der Waals surface area contributed by atoms with Crippen LogP contribution in [-0.2, 0) is 16.3 Å². The molecule has 0 spiro atoms. The number of rotatable bonds is 5. The first kappa shape index (κ1) is 24.7. The largest absolute Gasteiger partial charge is 0.416 e. The van der Waals surface area contributed by atoms with Gasteiger partial charge in [-0.1, -0.05) is 47.5 Å². The number of hydrazone groups is 1. The number of benzene rings is 3. The van der Waals surface area contributed by atoms with E-state index in [2.05, 4.69) is 10.5 Å². The fourth-order valence-electron chi connectivity index (χ4n) is 2.89. The lowest BCUT2D eigenvalue weighted by molar-refractivity contribution is -0.137. The molecule has 0 aliphatic heterocycles. The Kier molecular flexibility index (Phi) is 7.13. The molecule has 33 heavy (non-hydrogen) atoms. The van der Waals surface area contributed by atoms with Crippen LogP contribution in [0.4, 0.5) is 13.2 Å². The van der Waals surface area contributed by atoms with Crippen LogP contribution in [0.2, 0.25) is 10.0 Å². The highest BCUT2D eigenvalue weighted by atomic mass is 35.5. The van der Waals surface area contributed by atoms with Crippen molar-refractivity contribution >= 4 is 45.4 Å². The van der Waals surface area contributed by atoms with Crippen molar-refractivity contribution < 1.29 is 30.9 Å². The number of amides is 1. The Morgan fingerprint density at radius 3 is 2.33 bits per heavy atom. The van der Waals surface area contributed by atoms with Gasteiger partial charge in [-0.2, -0.15) is 26.7 Å². The number of hydrogen-bond donors (Lipinski definition) is 2. The molecule has 0 radical (unpaired) electrons. The molecule has 12 heteroatoms. The Morgan fingerprint density at radius 2 is 1.70 bits per heavy atom. The second-order valence-corrected chi connectivity index (χ2v) is 8.83. The monoisotopic (exact) mass is 516 g/mol. The molecular weight excluding hydrogens is 504 g/mol. The maximum absolute atomic E-state index is 13.2. The van der Waals surface area contributed by atoms with Gasteiger partial charge in [-0.3, -0.25) is 9.35 Å². The molecule has 0 heterocycles. The van der Waals surface area contributed by atoms with Gasteiger partial charge < -0.3 is 0 Å². The Balaban J connectivity index is 2.01. The van der Waals surface area contributed by atoms with E-state index in [9.17, 15) is 30.9 Å². The van der Waals surface area contributed by atoms with E-state index in [1.54, 1.807) is 0 Å². The summed E-state index contributed by atoms with van der Waals surface area (Å²) in [6, 6.07) is 11.8. The molecule has 0 aromatic heterocycles. The Labute approximate surface area is 196 Å². The van der Waals surface area contributed by atoms with Crippen molar-refractivity contribution in [3.8, 4) is 11.1 Å². The average molecular weight is 517 g/mol. The van der Waals surface area contributed by atoms with E-state index >= 15 is 0 Å². The quantitative estimate of drug-likeness (QED) is 0.258.